The summed E-state index contributed by atoms with van der Waals surface area (Å²) in [4.78, 5) is 65.6. The van der Waals surface area contributed by atoms with Gasteiger partial charge in [-0.3, -0.25) is 24.7 Å². The maximum absolute atomic E-state index is 12.0. The number of nitrogen functional groups attached to an aromatic ring is 1. The van der Waals surface area contributed by atoms with E-state index in [-0.39, 0.29) is 24.2 Å². The molecule has 42 heavy (non-hydrogen) atoms. The van der Waals surface area contributed by atoms with Gasteiger partial charge < -0.3 is 10.5 Å². The summed E-state index contributed by atoms with van der Waals surface area (Å²) in [5.41, 5.74) is 6.27. The molecule has 0 radical (unpaired) electrons. The second kappa shape index (κ2) is 13.0. The van der Waals surface area contributed by atoms with Crippen molar-refractivity contribution in [3.8, 4) is 0 Å². The number of fused-ring (bicyclic) bond motifs is 2. The molecule has 0 aromatic carbocycles. The van der Waals surface area contributed by atoms with Crippen molar-refractivity contribution in [2.24, 2.45) is 0 Å². The van der Waals surface area contributed by atoms with Crippen molar-refractivity contribution in [3.05, 3.63) is 12.4 Å². The highest BCUT2D eigenvalue weighted by atomic mass is 35.5. The first kappa shape index (κ1) is 31.2. The summed E-state index contributed by atoms with van der Waals surface area (Å²) in [7, 11) is 0. The summed E-state index contributed by atoms with van der Waals surface area (Å²) in [6.45, 7) is 6.69. The summed E-state index contributed by atoms with van der Waals surface area (Å²) in [6, 6.07) is 0. The number of halogens is 1. The van der Waals surface area contributed by atoms with Crippen molar-refractivity contribution in [2.75, 3.05) is 33.9 Å². The second-order valence-electron chi connectivity index (χ2n) is 10.4. The minimum atomic E-state index is -0.581. The Morgan fingerprint density at radius 1 is 0.857 bits per heavy atom. The quantitative estimate of drug-likeness (QED) is 0.322. The Balaban J connectivity index is 0.000000198. The van der Waals surface area contributed by atoms with Crippen molar-refractivity contribution in [1.82, 2.24) is 29.9 Å². The number of rotatable bonds is 3. The molecular formula is C25H31ClN10O4S2. The fourth-order valence-electron chi connectivity index (χ4n) is 4.21. The van der Waals surface area contributed by atoms with E-state index >= 15 is 0 Å². The van der Waals surface area contributed by atoms with Crippen LogP contribution in [0, 0.1) is 0 Å². The molecule has 4 aromatic rings. The number of hydrogen-bond acceptors (Lipinski definition) is 13. The van der Waals surface area contributed by atoms with E-state index in [2.05, 4.69) is 35.2 Å². The highest BCUT2D eigenvalue weighted by Crippen LogP contribution is 2.27. The molecule has 3 N–H and O–H groups in total. The van der Waals surface area contributed by atoms with E-state index in [0.717, 1.165) is 30.5 Å². The second-order valence-corrected chi connectivity index (χ2v) is 12.4. The van der Waals surface area contributed by atoms with Crippen LogP contribution in [0.25, 0.3) is 20.7 Å². The third-order valence-corrected chi connectivity index (χ3v) is 7.71. The fourth-order valence-corrected chi connectivity index (χ4v) is 5.67. The van der Waals surface area contributed by atoms with E-state index in [4.69, 9.17) is 10.5 Å². The first-order valence-electron chi connectivity index (χ1n) is 13.2. The standard InChI is InChI=1S/C15H19N5O3S.C10H11N5OS.ClH/c1-15(2,3)23-14(22)19-13-17-9-8-16-12(18-11(9)24-13)20-7-5-4-6-10(20)21;11-9-13-6-5-12-10(14-8(6)17-9)15-4-2-1-3-7(15)16;/h8H,4-7H2,1-3H3,(H,17,19,22);5H,1-4H2,(H2,11,13);1H. The van der Waals surface area contributed by atoms with Gasteiger partial charge in [-0.15, -0.1) is 12.4 Å². The number of ether oxygens (including phenoxy) is 1. The molecule has 4 aromatic heterocycles. The minimum Gasteiger partial charge on any atom is -0.444 e. The number of aromatic nitrogens is 6. The van der Waals surface area contributed by atoms with E-state index < -0.39 is 11.7 Å². The van der Waals surface area contributed by atoms with Gasteiger partial charge in [-0.2, -0.15) is 9.97 Å². The summed E-state index contributed by atoms with van der Waals surface area (Å²) >= 11 is 2.53. The van der Waals surface area contributed by atoms with Crippen LogP contribution < -0.4 is 20.9 Å². The molecule has 17 heteroatoms. The number of nitrogens with zero attached hydrogens (tertiary/aromatic N) is 8. The molecular weight excluding hydrogens is 604 g/mol. The van der Waals surface area contributed by atoms with E-state index in [1.807, 2.05) is 0 Å². The molecule has 0 spiro atoms. The SMILES string of the molecule is CC(C)(C)OC(=O)Nc1nc2cnc(N3CCCCC3=O)nc2s1.Cl.Nc1nc2cnc(N3CCCCC3=O)nc2s1. The molecule has 2 aliphatic rings. The van der Waals surface area contributed by atoms with Crippen LogP contribution in [0.3, 0.4) is 0 Å². The smallest absolute Gasteiger partial charge is 0.413 e. The van der Waals surface area contributed by atoms with Crippen molar-refractivity contribution in [1.29, 1.82) is 0 Å². The van der Waals surface area contributed by atoms with Crippen LogP contribution in [0.5, 0.6) is 0 Å². The average Bonchev–Trinajstić information content (AvgIpc) is 3.49. The molecule has 3 amide bonds. The Bertz CT molecular complexity index is 1610. The first-order chi connectivity index (χ1) is 19.6. The molecule has 2 fully saturated rings. The Labute approximate surface area is 255 Å². The van der Waals surface area contributed by atoms with E-state index in [1.165, 1.54) is 22.7 Å². The highest BCUT2D eigenvalue weighted by molar-refractivity contribution is 7.22. The number of nitrogens with one attached hydrogen (secondary N) is 1. The fraction of sp³-hybridized carbons (Fsp3) is 0.480. The Morgan fingerprint density at radius 2 is 1.38 bits per heavy atom. The maximum Gasteiger partial charge on any atom is 0.413 e. The number of amides is 3. The normalized spacial score (nSPS) is 15.7. The predicted octanol–water partition coefficient (Wildman–Crippen LogP) is 4.56. The van der Waals surface area contributed by atoms with Gasteiger partial charge in [0.05, 0.1) is 12.4 Å². The van der Waals surface area contributed by atoms with E-state index in [1.54, 1.807) is 43.0 Å². The molecule has 0 saturated carbocycles. The minimum absolute atomic E-state index is 0. The van der Waals surface area contributed by atoms with Crippen LogP contribution in [-0.2, 0) is 14.3 Å². The lowest BCUT2D eigenvalue weighted by molar-refractivity contribution is -0.120. The van der Waals surface area contributed by atoms with Gasteiger partial charge in [0, 0.05) is 25.9 Å². The summed E-state index contributed by atoms with van der Waals surface area (Å²) in [6.07, 6.45) is 7.51. The predicted molar refractivity (Wildman–Crippen MR) is 164 cm³/mol. The van der Waals surface area contributed by atoms with Crippen molar-refractivity contribution >= 4 is 95.8 Å². The third kappa shape index (κ3) is 7.54. The van der Waals surface area contributed by atoms with Crippen LogP contribution in [0.1, 0.15) is 59.3 Å². The Morgan fingerprint density at radius 3 is 1.90 bits per heavy atom. The number of piperidine rings is 2. The molecule has 0 bridgehead atoms. The van der Waals surface area contributed by atoms with Gasteiger partial charge in [-0.25, -0.2) is 24.7 Å². The zero-order chi connectivity index (χ0) is 29.1. The van der Waals surface area contributed by atoms with Crippen molar-refractivity contribution < 1.29 is 19.1 Å². The van der Waals surface area contributed by atoms with Gasteiger partial charge in [-0.05, 0) is 46.5 Å². The molecule has 6 rings (SSSR count). The molecule has 14 nitrogen and oxygen atoms in total. The lowest BCUT2D eigenvalue weighted by atomic mass is 10.1. The molecule has 6 heterocycles. The van der Waals surface area contributed by atoms with E-state index in [0.29, 0.717) is 64.0 Å². The zero-order valence-corrected chi connectivity index (χ0v) is 25.8. The van der Waals surface area contributed by atoms with Crippen LogP contribution in [0.4, 0.5) is 27.0 Å². The molecule has 0 atom stereocenters. The molecule has 224 valence electrons. The maximum atomic E-state index is 12.0. The van der Waals surface area contributed by atoms with Crippen LogP contribution >= 0.6 is 35.1 Å². The van der Waals surface area contributed by atoms with Crippen LogP contribution in [0.15, 0.2) is 12.4 Å². The zero-order valence-electron chi connectivity index (χ0n) is 23.3. The highest BCUT2D eigenvalue weighted by Gasteiger charge is 2.24. The molecule has 0 unspecified atom stereocenters. The number of carbonyl (C=O) groups excluding carboxylic acids is 3. The number of carbonyl (C=O) groups is 3. The lowest BCUT2D eigenvalue weighted by Gasteiger charge is -2.24. The van der Waals surface area contributed by atoms with Crippen molar-refractivity contribution in [2.45, 2.75) is 64.9 Å². The Kier molecular flexibility index (Phi) is 9.68. The largest absolute Gasteiger partial charge is 0.444 e. The molecule has 2 saturated heterocycles. The Hall–Kier alpha value is -3.76. The van der Waals surface area contributed by atoms with Gasteiger partial charge in [0.15, 0.2) is 19.9 Å². The first-order valence-corrected chi connectivity index (χ1v) is 14.8. The van der Waals surface area contributed by atoms with Gasteiger partial charge >= 0.3 is 6.09 Å². The topological polar surface area (TPSA) is 182 Å². The lowest BCUT2D eigenvalue weighted by Crippen LogP contribution is -2.36. The third-order valence-electron chi connectivity index (χ3n) is 6.03. The molecule has 0 aliphatic carbocycles. The summed E-state index contributed by atoms with van der Waals surface area (Å²) < 4.78 is 5.20. The van der Waals surface area contributed by atoms with Crippen LogP contribution in [-0.4, -0.2) is 66.5 Å². The summed E-state index contributed by atoms with van der Waals surface area (Å²) in [5, 5.41) is 3.45. The van der Waals surface area contributed by atoms with Gasteiger partial charge in [0.2, 0.25) is 23.7 Å². The number of thiazole rings is 2. The monoisotopic (exact) mass is 634 g/mol. The van der Waals surface area contributed by atoms with Gasteiger partial charge in [0.1, 0.15) is 16.6 Å². The number of nitrogens with two attached hydrogens (primary N) is 1. The van der Waals surface area contributed by atoms with Crippen molar-refractivity contribution in [3.63, 3.8) is 0 Å². The van der Waals surface area contributed by atoms with Gasteiger partial charge in [-0.1, -0.05) is 22.7 Å². The van der Waals surface area contributed by atoms with Gasteiger partial charge in [0.25, 0.3) is 0 Å². The van der Waals surface area contributed by atoms with E-state index in [9.17, 15) is 14.4 Å². The summed E-state index contributed by atoms with van der Waals surface area (Å²) in [5.74, 6) is 0.982. The number of hydrogen-bond donors (Lipinski definition) is 2. The average molecular weight is 635 g/mol. The molecule has 2 aliphatic heterocycles. The number of anilines is 4. The van der Waals surface area contributed by atoms with Crippen LogP contribution in [0.2, 0.25) is 0 Å².